The van der Waals surface area contributed by atoms with E-state index in [1.165, 1.54) is 12.8 Å². The van der Waals surface area contributed by atoms with E-state index in [-0.39, 0.29) is 35.4 Å². The van der Waals surface area contributed by atoms with Crippen LogP contribution in [0.1, 0.15) is 91.4 Å². The fourth-order valence-corrected chi connectivity index (χ4v) is 9.36. The van der Waals surface area contributed by atoms with Crippen molar-refractivity contribution in [3.63, 3.8) is 0 Å². The molecule has 0 heterocycles. The maximum absolute atomic E-state index is 12.4. The highest BCUT2D eigenvalue weighted by Crippen LogP contribution is 2.68. The van der Waals surface area contributed by atoms with Gasteiger partial charge in [0.05, 0.1) is 18.6 Å². The summed E-state index contributed by atoms with van der Waals surface area (Å²) in [5, 5.41) is 42.4. The third-order valence-corrected chi connectivity index (χ3v) is 11.3. The second-order valence-corrected chi connectivity index (χ2v) is 13.0. The fraction of sp³-hybridized carbons (Fsp3) is 0.893. The number of aliphatic carboxylic acids is 2. The molecule has 0 bridgehead atoms. The number of amides is 1. The average molecular weight is 508 g/mol. The molecule has 5 N–H and O–H groups in total. The van der Waals surface area contributed by atoms with Crippen LogP contribution in [0, 0.1) is 46.3 Å². The Morgan fingerprint density at radius 1 is 0.972 bits per heavy atom. The Kier molecular flexibility index (Phi) is 7.78. The van der Waals surface area contributed by atoms with E-state index in [1.807, 2.05) is 0 Å². The van der Waals surface area contributed by atoms with E-state index < -0.39 is 30.3 Å². The molecular formula is C28H45NO7. The summed E-state index contributed by atoms with van der Waals surface area (Å²) in [4.78, 5) is 34.6. The van der Waals surface area contributed by atoms with Gasteiger partial charge in [0, 0.05) is 6.42 Å². The first-order valence-electron chi connectivity index (χ1n) is 14.0. The van der Waals surface area contributed by atoms with Crippen LogP contribution in [0.5, 0.6) is 0 Å². The second-order valence-electron chi connectivity index (χ2n) is 13.0. The first-order chi connectivity index (χ1) is 16.9. The molecule has 0 aromatic rings. The molecule has 4 saturated carbocycles. The lowest BCUT2D eigenvalue weighted by Gasteiger charge is -2.62. The first kappa shape index (κ1) is 27.4. The van der Waals surface area contributed by atoms with Crippen molar-refractivity contribution in [2.75, 3.05) is 0 Å². The van der Waals surface area contributed by atoms with Gasteiger partial charge in [0.15, 0.2) is 0 Å². The lowest BCUT2D eigenvalue weighted by atomic mass is 9.43. The van der Waals surface area contributed by atoms with E-state index in [2.05, 4.69) is 26.1 Å². The van der Waals surface area contributed by atoms with E-state index in [4.69, 9.17) is 5.11 Å². The molecule has 4 aliphatic carbocycles. The highest BCUT2D eigenvalue weighted by atomic mass is 16.4. The summed E-state index contributed by atoms with van der Waals surface area (Å²) < 4.78 is 0. The zero-order valence-corrected chi connectivity index (χ0v) is 22.0. The summed E-state index contributed by atoms with van der Waals surface area (Å²) in [7, 11) is 0. The minimum atomic E-state index is -1.42. The van der Waals surface area contributed by atoms with Gasteiger partial charge in [-0.15, -0.1) is 0 Å². The molecule has 36 heavy (non-hydrogen) atoms. The van der Waals surface area contributed by atoms with Gasteiger partial charge in [-0.1, -0.05) is 20.8 Å². The van der Waals surface area contributed by atoms with Crippen molar-refractivity contribution in [1.29, 1.82) is 0 Å². The molecule has 0 spiro atoms. The Morgan fingerprint density at radius 2 is 1.69 bits per heavy atom. The van der Waals surface area contributed by atoms with Crippen LogP contribution in [-0.2, 0) is 14.4 Å². The van der Waals surface area contributed by atoms with Gasteiger partial charge < -0.3 is 25.7 Å². The van der Waals surface area contributed by atoms with E-state index >= 15 is 0 Å². The van der Waals surface area contributed by atoms with Crippen molar-refractivity contribution < 1.29 is 34.8 Å². The summed E-state index contributed by atoms with van der Waals surface area (Å²) >= 11 is 0. The Bertz CT molecular complexity index is 863. The van der Waals surface area contributed by atoms with Crippen LogP contribution in [0.2, 0.25) is 0 Å². The number of aliphatic hydroxyl groups is 2. The number of carboxylic acids is 2. The number of aliphatic hydroxyl groups excluding tert-OH is 2. The molecule has 0 aromatic carbocycles. The van der Waals surface area contributed by atoms with E-state index in [0.717, 1.165) is 38.5 Å². The van der Waals surface area contributed by atoms with Crippen LogP contribution in [0.15, 0.2) is 0 Å². The zero-order valence-electron chi connectivity index (χ0n) is 22.0. The van der Waals surface area contributed by atoms with Crippen LogP contribution < -0.4 is 5.32 Å². The summed E-state index contributed by atoms with van der Waals surface area (Å²) in [6, 6.07) is -1.42. The van der Waals surface area contributed by atoms with Gasteiger partial charge in [0.25, 0.3) is 0 Å². The molecule has 4 aliphatic rings. The van der Waals surface area contributed by atoms with Crippen molar-refractivity contribution in [2.24, 2.45) is 46.3 Å². The SMILES string of the molecule is CC(CCC(=O)NC(CC(=O)O)C(=O)O)C1CCC2C3CCC4CC(O)CCC4(C)C3CC(O)C12C. The third-order valence-electron chi connectivity index (χ3n) is 11.3. The van der Waals surface area contributed by atoms with Crippen molar-refractivity contribution in [1.82, 2.24) is 5.32 Å². The van der Waals surface area contributed by atoms with Crippen LogP contribution in [-0.4, -0.2) is 56.5 Å². The monoisotopic (exact) mass is 507 g/mol. The van der Waals surface area contributed by atoms with Crippen LogP contribution in [0.3, 0.4) is 0 Å². The molecular weight excluding hydrogens is 462 g/mol. The van der Waals surface area contributed by atoms with Crippen LogP contribution in [0.25, 0.3) is 0 Å². The minimum Gasteiger partial charge on any atom is -0.481 e. The van der Waals surface area contributed by atoms with E-state index in [1.54, 1.807) is 0 Å². The Balaban J connectivity index is 1.41. The molecule has 11 atom stereocenters. The van der Waals surface area contributed by atoms with E-state index in [9.17, 15) is 29.7 Å². The predicted molar refractivity (Wildman–Crippen MR) is 133 cm³/mol. The van der Waals surface area contributed by atoms with Crippen molar-refractivity contribution >= 4 is 17.8 Å². The molecule has 204 valence electrons. The number of nitrogens with one attached hydrogen (secondary N) is 1. The normalized spacial score (nSPS) is 43.4. The Hall–Kier alpha value is -1.67. The molecule has 1 amide bonds. The maximum atomic E-state index is 12.4. The number of carbonyl (C=O) groups is 3. The topological polar surface area (TPSA) is 144 Å². The van der Waals surface area contributed by atoms with Gasteiger partial charge in [-0.25, -0.2) is 4.79 Å². The highest BCUT2D eigenvalue weighted by molar-refractivity contribution is 5.86. The molecule has 8 heteroatoms. The average Bonchev–Trinajstić information content (AvgIpc) is 3.16. The zero-order chi connectivity index (χ0) is 26.4. The Labute approximate surface area is 214 Å². The van der Waals surface area contributed by atoms with Crippen molar-refractivity contribution in [3.05, 3.63) is 0 Å². The number of rotatable bonds is 8. The second kappa shape index (κ2) is 10.2. The summed E-state index contributed by atoms with van der Waals surface area (Å²) in [5.74, 6) is -0.463. The van der Waals surface area contributed by atoms with Crippen LogP contribution >= 0.6 is 0 Å². The summed E-state index contributed by atoms with van der Waals surface area (Å²) in [5.41, 5.74) is 0.00419. The molecule has 4 rings (SSSR count). The lowest BCUT2D eigenvalue weighted by molar-refractivity contribution is -0.175. The molecule has 0 aromatic heterocycles. The van der Waals surface area contributed by atoms with Gasteiger partial charge in [0.2, 0.25) is 5.91 Å². The van der Waals surface area contributed by atoms with Gasteiger partial charge in [-0.3, -0.25) is 9.59 Å². The van der Waals surface area contributed by atoms with Crippen LogP contribution in [0.4, 0.5) is 0 Å². The maximum Gasteiger partial charge on any atom is 0.326 e. The van der Waals surface area contributed by atoms with Crippen molar-refractivity contribution in [2.45, 2.75) is 110 Å². The third kappa shape index (κ3) is 4.80. The molecule has 0 radical (unpaired) electrons. The number of hydrogen-bond donors (Lipinski definition) is 5. The van der Waals surface area contributed by atoms with Gasteiger partial charge >= 0.3 is 11.9 Å². The molecule has 11 unspecified atom stereocenters. The van der Waals surface area contributed by atoms with Gasteiger partial charge in [0.1, 0.15) is 6.04 Å². The molecule has 4 fully saturated rings. The number of fused-ring (bicyclic) bond motifs is 5. The largest absolute Gasteiger partial charge is 0.481 e. The molecule has 8 nitrogen and oxygen atoms in total. The van der Waals surface area contributed by atoms with Crippen molar-refractivity contribution in [3.8, 4) is 0 Å². The van der Waals surface area contributed by atoms with Gasteiger partial charge in [-0.05, 0) is 104 Å². The highest BCUT2D eigenvalue weighted by Gasteiger charge is 2.63. The first-order valence-corrected chi connectivity index (χ1v) is 14.0. The van der Waals surface area contributed by atoms with Gasteiger partial charge in [-0.2, -0.15) is 0 Å². The summed E-state index contributed by atoms with van der Waals surface area (Å²) in [6.45, 7) is 6.81. The smallest absolute Gasteiger partial charge is 0.326 e. The quantitative estimate of drug-likeness (QED) is 0.338. The number of carboxylic acid groups (broad SMARTS) is 2. The lowest BCUT2D eigenvalue weighted by Crippen LogP contribution is -2.58. The Morgan fingerprint density at radius 3 is 2.36 bits per heavy atom. The molecule has 0 saturated heterocycles. The predicted octanol–water partition coefficient (Wildman–Crippen LogP) is 3.44. The number of hydrogen-bond acceptors (Lipinski definition) is 5. The summed E-state index contributed by atoms with van der Waals surface area (Å²) in [6.07, 6.45) is 7.61. The van der Waals surface area contributed by atoms with E-state index in [0.29, 0.717) is 36.0 Å². The fourth-order valence-electron chi connectivity index (χ4n) is 9.36. The molecule has 0 aliphatic heterocycles. The minimum absolute atomic E-state index is 0.145. The number of carbonyl (C=O) groups excluding carboxylic acids is 1. The standard InChI is InChI=1S/C28H45NO7/c1-15(4-9-24(32)29-22(26(35)36)14-25(33)34)19-7-8-20-18-6-5-16-12-17(30)10-11-27(16,2)21(18)13-23(31)28(19,20)3/h15-23,30-31H,4-14H2,1-3H3,(H,29,32)(H,33,34)(H,35,36).